The summed E-state index contributed by atoms with van der Waals surface area (Å²) in [6.07, 6.45) is 7.53. The number of nitrogens with one attached hydrogen (secondary N) is 2. The zero-order valence-electron chi connectivity index (χ0n) is 13.2. The summed E-state index contributed by atoms with van der Waals surface area (Å²) in [5, 5.41) is 6.52. The average molecular weight is 281 g/mol. The Kier molecular flexibility index (Phi) is 6.30. The molecule has 20 heavy (non-hydrogen) atoms. The minimum atomic E-state index is 0.230. The third kappa shape index (κ3) is 4.74. The highest BCUT2D eigenvalue weighted by Gasteiger charge is 2.25. The molecular weight excluding hydrogens is 250 g/mol. The fourth-order valence-electron chi connectivity index (χ4n) is 3.74. The predicted molar refractivity (Wildman–Crippen MR) is 82.7 cm³/mol. The molecule has 2 fully saturated rings. The predicted octanol–water partition coefficient (Wildman–Crippen LogP) is 1.61. The van der Waals surface area contributed by atoms with Crippen molar-refractivity contribution in [1.29, 1.82) is 0 Å². The van der Waals surface area contributed by atoms with E-state index in [0.29, 0.717) is 24.4 Å². The van der Waals surface area contributed by atoms with Crippen molar-refractivity contribution in [3.63, 3.8) is 0 Å². The number of hydrogen-bond acceptors (Lipinski definition) is 3. The molecule has 0 radical (unpaired) electrons. The molecule has 3 atom stereocenters. The Labute approximate surface area is 123 Å². The standard InChI is InChI=1S/C16H31N3O/c1-13-6-3-4-8-15(13)18-16(20)12-19-9-5-7-14(11-19)10-17-2/h13-15,17H,3-12H2,1-2H3,(H,18,20). The molecule has 1 heterocycles. The second kappa shape index (κ2) is 7.99. The lowest BCUT2D eigenvalue weighted by atomic mass is 9.86. The van der Waals surface area contributed by atoms with Crippen LogP contribution >= 0.6 is 0 Å². The largest absolute Gasteiger partial charge is 0.352 e. The van der Waals surface area contributed by atoms with Crippen LogP contribution < -0.4 is 10.6 Å². The Morgan fingerprint density at radius 1 is 1.20 bits per heavy atom. The van der Waals surface area contributed by atoms with Crippen molar-refractivity contribution in [1.82, 2.24) is 15.5 Å². The molecule has 1 saturated heterocycles. The first-order chi connectivity index (χ1) is 9.69. The number of nitrogens with zero attached hydrogens (tertiary/aromatic N) is 1. The van der Waals surface area contributed by atoms with Crippen molar-refractivity contribution in [2.45, 2.75) is 51.5 Å². The highest BCUT2D eigenvalue weighted by molar-refractivity contribution is 5.78. The summed E-state index contributed by atoms with van der Waals surface area (Å²) < 4.78 is 0. The second-order valence-electron chi connectivity index (χ2n) is 6.74. The van der Waals surface area contributed by atoms with E-state index >= 15 is 0 Å². The molecule has 0 spiro atoms. The zero-order valence-corrected chi connectivity index (χ0v) is 13.2. The average Bonchev–Trinajstić information content (AvgIpc) is 2.42. The van der Waals surface area contributed by atoms with E-state index in [9.17, 15) is 4.79 Å². The van der Waals surface area contributed by atoms with Gasteiger partial charge in [0.05, 0.1) is 6.54 Å². The molecule has 2 N–H and O–H groups in total. The highest BCUT2D eigenvalue weighted by Crippen LogP contribution is 2.23. The molecular formula is C16H31N3O. The van der Waals surface area contributed by atoms with Crippen molar-refractivity contribution in [3.8, 4) is 0 Å². The number of likely N-dealkylation sites (tertiary alicyclic amines) is 1. The second-order valence-corrected chi connectivity index (χ2v) is 6.74. The van der Waals surface area contributed by atoms with Gasteiger partial charge in [0.1, 0.15) is 0 Å². The number of carbonyl (C=O) groups excluding carboxylic acids is 1. The third-order valence-corrected chi connectivity index (χ3v) is 4.92. The van der Waals surface area contributed by atoms with Crippen molar-refractivity contribution in [2.75, 3.05) is 33.2 Å². The molecule has 4 heteroatoms. The Hall–Kier alpha value is -0.610. The number of piperidine rings is 1. The van der Waals surface area contributed by atoms with Crippen molar-refractivity contribution >= 4 is 5.91 Å². The molecule has 1 amide bonds. The van der Waals surface area contributed by atoms with Crippen molar-refractivity contribution < 1.29 is 4.79 Å². The first-order valence-corrected chi connectivity index (χ1v) is 8.35. The fourth-order valence-corrected chi connectivity index (χ4v) is 3.74. The summed E-state index contributed by atoms with van der Waals surface area (Å²) >= 11 is 0. The van der Waals surface area contributed by atoms with Crippen LogP contribution in [0.1, 0.15) is 45.4 Å². The molecule has 0 aromatic rings. The number of amides is 1. The Balaban J connectivity index is 1.73. The maximum atomic E-state index is 12.2. The van der Waals surface area contributed by atoms with Crippen LogP contribution in [0.2, 0.25) is 0 Å². The molecule has 116 valence electrons. The van der Waals surface area contributed by atoms with Crippen LogP contribution in [0.3, 0.4) is 0 Å². The summed E-state index contributed by atoms with van der Waals surface area (Å²) in [6, 6.07) is 0.411. The third-order valence-electron chi connectivity index (χ3n) is 4.92. The minimum Gasteiger partial charge on any atom is -0.352 e. The maximum Gasteiger partial charge on any atom is 0.234 e. The van der Waals surface area contributed by atoms with E-state index in [1.165, 1.54) is 32.1 Å². The number of carbonyl (C=O) groups is 1. The van der Waals surface area contributed by atoms with E-state index in [1.54, 1.807) is 0 Å². The molecule has 1 aliphatic heterocycles. The zero-order chi connectivity index (χ0) is 14.4. The quantitative estimate of drug-likeness (QED) is 0.805. The monoisotopic (exact) mass is 281 g/mol. The Morgan fingerprint density at radius 2 is 2.00 bits per heavy atom. The van der Waals surface area contributed by atoms with Crippen molar-refractivity contribution in [2.24, 2.45) is 11.8 Å². The lowest BCUT2D eigenvalue weighted by molar-refractivity contribution is -0.123. The van der Waals surface area contributed by atoms with Crippen LogP contribution in [0.25, 0.3) is 0 Å². The molecule has 0 aromatic carbocycles. The van der Waals surface area contributed by atoms with Crippen LogP contribution in [-0.4, -0.2) is 50.1 Å². The van der Waals surface area contributed by atoms with Gasteiger partial charge >= 0.3 is 0 Å². The topological polar surface area (TPSA) is 44.4 Å². The molecule has 3 unspecified atom stereocenters. The highest BCUT2D eigenvalue weighted by atomic mass is 16.2. The summed E-state index contributed by atoms with van der Waals surface area (Å²) in [5.41, 5.74) is 0. The van der Waals surface area contributed by atoms with Gasteiger partial charge in [0.15, 0.2) is 0 Å². The summed E-state index contributed by atoms with van der Waals surface area (Å²) in [4.78, 5) is 14.5. The maximum absolute atomic E-state index is 12.2. The van der Waals surface area contributed by atoms with Crippen LogP contribution in [-0.2, 0) is 4.79 Å². The summed E-state index contributed by atoms with van der Waals surface area (Å²) in [7, 11) is 2.01. The van der Waals surface area contributed by atoms with Gasteiger partial charge in [-0.3, -0.25) is 9.69 Å². The van der Waals surface area contributed by atoms with E-state index in [1.807, 2.05) is 7.05 Å². The van der Waals surface area contributed by atoms with Gasteiger partial charge in [0, 0.05) is 12.6 Å². The first-order valence-electron chi connectivity index (χ1n) is 8.35. The molecule has 0 bridgehead atoms. The van der Waals surface area contributed by atoms with Crippen LogP contribution in [0.15, 0.2) is 0 Å². The van der Waals surface area contributed by atoms with E-state index < -0.39 is 0 Å². The van der Waals surface area contributed by atoms with Gasteiger partial charge in [-0.05, 0) is 57.7 Å². The van der Waals surface area contributed by atoms with Crippen molar-refractivity contribution in [3.05, 3.63) is 0 Å². The fraction of sp³-hybridized carbons (Fsp3) is 0.938. The van der Waals surface area contributed by atoms with E-state index in [4.69, 9.17) is 0 Å². The first kappa shape index (κ1) is 15.8. The molecule has 4 nitrogen and oxygen atoms in total. The summed E-state index contributed by atoms with van der Waals surface area (Å²) in [6.45, 7) is 6.07. The molecule has 0 aromatic heterocycles. The van der Waals surface area contributed by atoms with Crippen LogP contribution in [0.5, 0.6) is 0 Å². The molecule has 2 rings (SSSR count). The minimum absolute atomic E-state index is 0.230. The van der Waals surface area contributed by atoms with E-state index in [2.05, 4.69) is 22.5 Å². The smallest absolute Gasteiger partial charge is 0.234 e. The Bertz CT molecular complexity index is 306. The SMILES string of the molecule is CNCC1CCCN(CC(=O)NC2CCCCC2C)C1. The van der Waals surface area contributed by atoms with Gasteiger partial charge in [-0.25, -0.2) is 0 Å². The molecule has 1 saturated carbocycles. The van der Waals surface area contributed by atoms with Gasteiger partial charge in [0.2, 0.25) is 5.91 Å². The summed E-state index contributed by atoms with van der Waals surface area (Å²) in [5.74, 6) is 1.58. The number of hydrogen-bond donors (Lipinski definition) is 2. The van der Waals surface area contributed by atoms with E-state index in [0.717, 1.165) is 26.1 Å². The van der Waals surface area contributed by atoms with Gasteiger partial charge in [-0.2, -0.15) is 0 Å². The van der Waals surface area contributed by atoms with Gasteiger partial charge in [-0.1, -0.05) is 19.8 Å². The normalized spacial score (nSPS) is 32.0. The van der Waals surface area contributed by atoms with E-state index in [-0.39, 0.29) is 5.91 Å². The van der Waals surface area contributed by atoms with Crippen LogP contribution in [0, 0.1) is 11.8 Å². The lowest BCUT2D eigenvalue weighted by Gasteiger charge is -2.34. The number of rotatable bonds is 5. The molecule has 2 aliphatic rings. The molecule has 1 aliphatic carbocycles. The lowest BCUT2D eigenvalue weighted by Crippen LogP contribution is -2.48. The van der Waals surface area contributed by atoms with Gasteiger partial charge < -0.3 is 10.6 Å². The van der Waals surface area contributed by atoms with Crippen LogP contribution in [0.4, 0.5) is 0 Å². The Morgan fingerprint density at radius 3 is 2.75 bits per heavy atom. The van der Waals surface area contributed by atoms with Gasteiger partial charge in [-0.15, -0.1) is 0 Å². The van der Waals surface area contributed by atoms with Gasteiger partial charge in [0.25, 0.3) is 0 Å².